The first kappa shape index (κ1) is 16.7. The van der Waals surface area contributed by atoms with E-state index in [0.717, 1.165) is 0 Å². The number of hydrogen-bond donors (Lipinski definition) is 2. The smallest absolute Gasteiger partial charge is 0.460 e. The molecule has 116 valence electrons. The zero-order valence-corrected chi connectivity index (χ0v) is 11.6. The van der Waals surface area contributed by atoms with E-state index in [1.807, 2.05) is 5.32 Å². The Morgan fingerprint density at radius 1 is 1.20 bits per heavy atom. The number of ether oxygens (including phenoxy) is 1. The predicted octanol–water partition coefficient (Wildman–Crippen LogP) is 0.985. The van der Waals surface area contributed by atoms with Gasteiger partial charge in [0.15, 0.2) is 0 Å². The molecule has 1 heterocycles. The molecule has 0 saturated carbocycles. The summed E-state index contributed by atoms with van der Waals surface area (Å²) in [4.78, 5) is 22.7. The quantitative estimate of drug-likeness (QED) is 0.746. The molecule has 20 heavy (non-hydrogen) atoms. The van der Waals surface area contributed by atoms with Gasteiger partial charge in [-0.15, -0.1) is 0 Å². The molecule has 0 aromatic rings. The van der Waals surface area contributed by atoms with Crippen molar-refractivity contribution >= 4 is 11.9 Å². The number of alkyl halides is 3. The topological polar surface area (TPSA) is 67.4 Å². The van der Waals surface area contributed by atoms with Crippen molar-refractivity contribution in [1.29, 1.82) is 0 Å². The molecule has 2 unspecified atom stereocenters. The zero-order chi connectivity index (χ0) is 15.6. The summed E-state index contributed by atoms with van der Waals surface area (Å²) >= 11 is 0. The van der Waals surface area contributed by atoms with Gasteiger partial charge in [-0.3, -0.25) is 9.59 Å². The minimum atomic E-state index is -4.92. The van der Waals surface area contributed by atoms with Gasteiger partial charge in [0, 0.05) is 19.1 Å². The van der Waals surface area contributed by atoms with Crippen LogP contribution in [0.5, 0.6) is 0 Å². The van der Waals surface area contributed by atoms with Crippen LogP contribution in [0.3, 0.4) is 0 Å². The van der Waals surface area contributed by atoms with E-state index in [-0.39, 0.29) is 13.0 Å². The second-order valence-electron chi connectivity index (χ2n) is 5.79. The molecule has 5 nitrogen and oxygen atoms in total. The Morgan fingerprint density at radius 3 is 2.30 bits per heavy atom. The van der Waals surface area contributed by atoms with Crippen molar-refractivity contribution in [1.82, 2.24) is 10.6 Å². The van der Waals surface area contributed by atoms with Crippen LogP contribution in [0.15, 0.2) is 0 Å². The first-order chi connectivity index (χ1) is 8.99. The normalized spacial score (nSPS) is 24.1. The number of esters is 1. The number of carbonyl (C=O) groups is 2. The van der Waals surface area contributed by atoms with E-state index < -0.39 is 35.6 Å². The third-order valence-electron chi connectivity index (χ3n) is 2.68. The fourth-order valence-corrected chi connectivity index (χ4v) is 1.88. The highest BCUT2D eigenvalue weighted by Gasteiger charge is 2.41. The van der Waals surface area contributed by atoms with Crippen LogP contribution in [0.1, 0.15) is 27.2 Å². The van der Waals surface area contributed by atoms with E-state index in [1.165, 1.54) is 0 Å². The Bertz CT molecular complexity index is 377. The molecule has 8 heteroatoms. The predicted molar refractivity (Wildman–Crippen MR) is 64.8 cm³/mol. The third-order valence-corrected chi connectivity index (χ3v) is 2.68. The standard InChI is InChI=1S/C12H19F3N2O3/c1-11(2,3)20-9(18)7-4-8(6-16-5-7)17-10(19)12(13,14)15/h7-8,16H,4-6H2,1-3H3,(H,17,19). The molecule has 1 fully saturated rings. The first-order valence-electron chi connectivity index (χ1n) is 6.30. The fourth-order valence-electron chi connectivity index (χ4n) is 1.88. The van der Waals surface area contributed by atoms with Crippen LogP contribution in [-0.2, 0) is 14.3 Å². The van der Waals surface area contributed by atoms with Gasteiger partial charge in [-0.25, -0.2) is 0 Å². The maximum atomic E-state index is 12.2. The van der Waals surface area contributed by atoms with Crippen molar-refractivity contribution in [3.63, 3.8) is 0 Å². The second kappa shape index (κ2) is 5.99. The molecule has 0 radical (unpaired) electrons. The van der Waals surface area contributed by atoms with Gasteiger partial charge in [0.1, 0.15) is 5.60 Å². The van der Waals surface area contributed by atoms with Gasteiger partial charge in [-0.2, -0.15) is 13.2 Å². The van der Waals surface area contributed by atoms with E-state index in [9.17, 15) is 22.8 Å². The molecule has 0 aliphatic carbocycles. The number of amides is 1. The Morgan fingerprint density at radius 2 is 1.80 bits per heavy atom. The maximum absolute atomic E-state index is 12.2. The monoisotopic (exact) mass is 296 g/mol. The Labute approximate surface area is 115 Å². The van der Waals surface area contributed by atoms with Crippen molar-refractivity contribution in [2.24, 2.45) is 5.92 Å². The van der Waals surface area contributed by atoms with Gasteiger partial charge in [0.05, 0.1) is 5.92 Å². The average Bonchev–Trinajstić information content (AvgIpc) is 2.25. The van der Waals surface area contributed by atoms with Crippen LogP contribution >= 0.6 is 0 Å². The Hall–Kier alpha value is -1.31. The molecular weight excluding hydrogens is 277 g/mol. The lowest BCUT2D eigenvalue weighted by atomic mass is 9.95. The lowest BCUT2D eigenvalue weighted by Gasteiger charge is -2.31. The summed E-state index contributed by atoms with van der Waals surface area (Å²) in [5, 5.41) is 4.70. The van der Waals surface area contributed by atoms with E-state index in [0.29, 0.717) is 6.54 Å². The largest absolute Gasteiger partial charge is 0.471 e. The number of nitrogens with one attached hydrogen (secondary N) is 2. The average molecular weight is 296 g/mol. The second-order valence-corrected chi connectivity index (χ2v) is 5.79. The maximum Gasteiger partial charge on any atom is 0.471 e. The van der Waals surface area contributed by atoms with Crippen molar-refractivity contribution in [3.05, 3.63) is 0 Å². The van der Waals surface area contributed by atoms with Crippen LogP contribution in [0.4, 0.5) is 13.2 Å². The van der Waals surface area contributed by atoms with Crippen molar-refractivity contribution in [3.8, 4) is 0 Å². The number of rotatable bonds is 2. The summed E-state index contributed by atoms with van der Waals surface area (Å²) in [6.07, 6.45) is -4.79. The molecule has 0 spiro atoms. The Kier molecular flexibility index (Phi) is 5.01. The van der Waals surface area contributed by atoms with Crippen molar-refractivity contribution in [2.45, 2.75) is 45.0 Å². The van der Waals surface area contributed by atoms with E-state index in [2.05, 4.69) is 5.32 Å². The summed E-state index contributed by atoms with van der Waals surface area (Å²) in [5.74, 6) is -3.04. The molecule has 2 N–H and O–H groups in total. The molecule has 0 aromatic heterocycles. The van der Waals surface area contributed by atoms with Crippen LogP contribution in [0.25, 0.3) is 0 Å². The van der Waals surface area contributed by atoms with E-state index >= 15 is 0 Å². The lowest BCUT2D eigenvalue weighted by Crippen LogP contribution is -2.53. The van der Waals surface area contributed by atoms with Crippen molar-refractivity contribution < 1.29 is 27.5 Å². The zero-order valence-electron chi connectivity index (χ0n) is 11.6. The number of halogens is 3. The molecule has 0 aromatic carbocycles. The van der Waals surface area contributed by atoms with Gasteiger partial charge in [0.2, 0.25) is 0 Å². The van der Waals surface area contributed by atoms with Crippen LogP contribution in [0.2, 0.25) is 0 Å². The minimum Gasteiger partial charge on any atom is -0.460 e. The Balaban J connectivity index is 2.55. The molecule has 2 atom stereocenters. The van der Waals surface area contributed by atoms with Crippen LogP contribution in [0, 0.1) is 5.92 Å². The van der Waals surface area contributed by atoms with E-state index in [1.54, 1.807) is 20.8 Å². The van der Waals surface area contributed by atoms with Gasteiger partial charge >= 0.3 is 18.1 Å². The number of piperidine rings is 1. The highest BCUT2D eigenvalue weighted by molar-refractivity contribution is 5.82. The van der Waals surface area contributed by atoms with Gasteiger partial charge in [-0.1, -0.05) is 0 Å². The molecule has 0 bridgehead atoms. The summed E-state index contributed by atoms with van der Waals surface area (Å²) in [5.41, 5.74) is -0.654. The molecule has 1 aliphatic heterocycles. The molecule has 1 amide bonds. The summed E-state index contributed by atoms with van der Waals surface area (Å²) in [6, 6.07) is -0.740. The summed E-state index contributed by atoms with van der Waals surface area (Å²) in [7, 11) is 0. The van der Waals surface area contributed by atoms with Crippen LogP contribution < -0.4 is 10.6 Å². The highest BCUT2D eigenvalue weighted by Crippen LogP contribution is 2.19. The highest BCUT2D eigenvalue weighted by atomic mass is 19.4. The number of hydrogen-bond acceptors (Lipinski definition) is 4. The lowest BCUT2D eigenvalue weighted by molar-refractivity contribution is -0.175. The third kappa shape index (κ3) is 5.36. The van der Waals surface area contributed by atoms with Crippen molar-refractivity contribution in [2.75, 3.05) is 13.1 Å². The van der Waals surface area contributed by atoms with Gasteiger partial charge in [-0.05, 0) is 27.2 Å². The van der Waals surface area contributed by atoms with Crippen LogP contribution in [-0.4, -0.2) is 42.8 Å². The summed E-state index contributed by atoms with van der Waals surface area (Å²) in [6.45, 7) is 5.66. The number of carbonyl (C=O) groups excluding carboxylic acids is 2. The fraction of sp³-hybridized carbons (Fsp3) is 0.833. The SMILES string of the molecule is CC(C)(C)OC(=O)C1CNCC(NC(=O)C(F)(F)F)C1. The first-order valence-corrected chi connectivity index (χ1v) is 6.30. The van der Waals surface area contributed by atoms with E-state index in [4.69, 9.17) is 4.74 Å². The molecule has 1 rings (SSSR count). The minimum absolute atomic E-state index is 0.129. The molecular formula is C12H19F3N2O3. The van der Waals surface area contributed by atoms with Gasteiger partial charge in [0.25, 0.3) is 0 Å². The molecule has 1 aliphatic rings. The van der Waals surface area contributed by atoms with Gasteiger partial charge < -0.3 is 15.4 Å². The molecule has 1 saturated heterocycles. The summed E-state index contributed by atoms with van der Waals surface area (Å²) < 4.78 is 41.7.